The average molecular weight is 388 g/mol. The molecule has 26 heavy (non-hydrogen) atoms. The van der Waals surface area contributed by atoms with Crippen LogP contribution in [0.1, 0.15) is 0 Å². The molecule has 2 saturated heterocycles. The van der Waals surface area contributed by atoms with Crippen LogP contribution in [0.25, 0.3) is 0 Å². The summed E-state index contributed by atoms with van der Waals surface area (Å²) in [6.07, 6.45) is -11.8. The van der Waals surface area contributed by atoms with Gasteiger partial charge in [-0.2, -0.15) is 0 Å². The van der Waals surface area contributed by atoms with E-state index in [0.29, 0.717) is 0 Å². The van der Waals surface area contributed by atoms with Crippen LogP contribution in [-0.2, 0) is 18.9 Å². The third kappa shape index (κ3) is 5.28. The highest BCUT2D eigenvalue weighted by Crippen LogP contribution is 2.22. The van der Waals surface area contributed by atoms with Gasteiger partial charge >= 0.3 is 0 Å². The molecule has 0 bridgehead atoms. The molecule has 0 amide bonds. The molecule has 0 spiro atoms. The first-order chi connectivity index (χ1) is 12.2. The molecule has 10 atom stereocenters. The van der Waals surface area contributed by atoms with Gasteiger partial charge in [0.25, 0.3) is 0 Å². The summed E-state index contributed by atoms with van der Waals surface area (Å²) < 4.78 is 19.3. The molecule has 0 aromatic rings. The van der Waals surface area contributed by atoms with Crippen molar-refractivity contribution < 1.29 is 59.8 Å². The van der Waals surface area contributed by atoms with E-state index in [1.807, 2.05) is 0 Å². The summed E-state index contributed by atoms with van der Waals surface area (Å²) in [4.78, 5) is 0. The van der Waals surface area contributed by atoms with Gasteiger partial charge in [0, 0.05) is 14.2 Å². The topological polar surface area (TPSA) is 199 Å². The molecule has 156 valence electrons. The van der Waals surface area contributed by atoms with Crippen molar-refractivity contribution in [2.24, 2.45) is 0 Å². The zero-order chi connectivity index (χ0) is 20.0. The van der Waals surface area contributed by atoms with Gasteiger partial charge < -0.3 is 59.8 Å². The molecule has 2 heterocycles. The molecule has 2 rings (SSSR count). The van der Waals surface area contributed by atoms with Crippen LogP contribution in [0.3, 0.4) is 0 Å². The van der Waals surface area contributed by atoms with Crippen molar-refractivity contribution >= 4 is 0 Å². The van der Waals surface area contributed by atoms with Gasteiger partial charge in [-0.3, -0.25) is 0 Å². The fraction of sp³-hybridized carbons (Fsp3) is 1.00. The molecular weight excluding hydrogens is 360 g/mol. The Hall–Kier alpha value is -0.480. The van der Waals surface area contributed by atoms with Crippen LogP contribution in [0.4, 0.5) is 0 Å². The maximum absolute atomic E-state index is 9.28. The second-order valence-corrected chi connectivity index (χ2v) is 5.87. The van der Waals surface area contributed by atoms with Gasteiger partial charge in [0.2, 0.25) is 0 Å². The second-order valence-electron chi connectivity index (χ2n) is 5.87. The van der Waals surface area contributed by atoms with Crippen LogP contribution in [0.15, 0.2) is 0 Å². The van der Waals surface area contributed by atoms with Gasteiger partial charge in [-0.1, -0.05) is 0 Å². The van der Waals surface area contributed by atoms with E-state index in [4.69, 9.17) is 29.2 Å². The lowest BCUT2D eigenvalue weighted by molar-refractivity contribution is -0.294. The van der Waals surface area contributed by atoms with E-state index >= 15 is 0 Å². The largest absolute Gasteiger partial charge is 0.394 e. The molecule has 8 N–H and O–H groups in total. The SMILES string of the molecule is CO[C@H]1OC(CO)[C@@H](O)[C@H](O)C1O.CO[C@H]1OC(CO)[C@H](O)[C@H](O)C1O. The van der Waals surface area contributed by atoms with Crippen molar-refractivity contribution in [3.8, 4) is 0 Å². The van der Waals surface area contributed by atoms with E-state index in [-0.39, 0.29) is 0 Å². The number of rotatable bonds is 4. The first kappa shape index (κ1) is 23.6. The summed E-state index contributed by atoms with van der Waals surface area (Å²) >= 11 is 0. The molecule has 0 saturated carbocycles. The third-order valence-corrected chi connectivity index (χ3v) is 4.16. The molecule has 0 aliphatic carbocycles. The summed E-state index contributed by atoms with van der Waals surface area (Å²) in [5.41, 5.74) is 0. The maximum atomic E-state index is 9.28. The van der Waals surface area contributed by atoms with Crippen LogP contribution in [0.2, 0.25) is 0 Å². The van der Waals surface area contributed by atoms with E-state index < -0.39 is 74.6 Å². The summed E-state index contributed by atoms with van der Waals surface area (Å²) in [6, 6.07) is 0. The zero-order valence-corrected chi connectivity index (χ0v) is 14.4. The maximum Gasteiger partial charge on any atom is 0.186 e. The summed E-state index contributed by atoms with van der Waals surface area (Å²) in [7, 11) is 2.60. The first-order valence-electron chi connectivity index (χ1n) is 7.90. The second kappa shape index (κ2) is 10.8. The fourth-order valence-corrected chi connectivity index (χ4v) is 2.52. The lowest BCUT2D eigenvalue weighted by atomic mass is 9.99. The molecule has 0 radical (unpaired) electrons. The molecule has 2 aliphatic heterocycles. The van der Waals surface area contributed by atoms with Crippen LogP contribution < -0.4 is 0 Å². The number of aliphatic hydroxyl groups is 8. The van der Waals surface area contributed by atoms with Crippen molar-refractivity contribution in [2.75, 3.05) is 27.4 Å². The van der Waals surface area contributed by atoms with Crippen molar-refractivity contribution in [1.82, 2.24) is 0 Å². The Morgan fingerprint density at radius 2 is 0.885 bits per heavy atom. The van der Waals surface area contributed by atoms with Crippen molar-refractivity contribution in [2.45, 2.75) is 61.4 Å². The quantitative estimate of drug-likeness (QED) is 0.228. The number of aliphatic hydroxyl groups excluding tert-OH is 8. The molecule has 12 heteroatoms. The predicted octanol–water partition coefficient (Wildman–Crippen LogP) is -5.13. The summed E-state index contributed by atoms with van der Waals surface area (Å²) in [5, 5.41) is 73.1. The van der Waals surface area contributed by atoms with Gasteiger partial charge in [-0.25, -0.2) is 0 Å². The Morgan fingerprint density at radius 3 is 1.12 bits per heavy atom. The van der Waals surface area contributed by atoms with E-state index in [1.165, 1.54) is 14.2 Å². The van der Waals surface area contributed by atoms with Gasteiger partial charge in [-0.15, -0.1) is 0 Å². The minimum atomic E-state index is -1.36. The van der Waals surface area contributed by atoms with Gasteiger partial charge in [0.1, 0.15) is 48.8 Å². The predicted molar refractivity (Wildman–Crippen MR) is 81.6 cm³/mol. The van der Waals surface area contributed by atoms with Crippen LogP contribution in [-0.4, -0.2) is 130 Å². The molecule has 2 aliphatic rings. The first-order valence-corrected chi connectivity index (χ1v) is 7.90. The van der Waals surface area contributed by atoms with E-state index in [2.05, 4.69) is 0 Å². The average Bonchev–Trinajstić information content (AvgIpc) is 2.65. The molecular formula is C14H28O12. The van der Waals surface area contributed by atoms with Crippen LogP contribution >= 0.6 is 0 Å². The van der Waals surface area contributed by atoms with Gasteiger partial charge in [0.15, 0.2) is 12.6 Å². The Bertz CT molecular complexity index is 322. The fourth-order valence-electron chi connectivity index (χ4n) is 2.52. The van der Waals surface area contributed by atoms with E-state index in [9.17, 15) is 30.6 Å². The van der Waals surface area contributed by atoms with Crippen LogP contribution in [0.5, 0.6) is 0 Å². The number of ether oxygens (including phenoxy) is 4. The minimum Gasteiger partial charge on any atom is -0.394 e. The smallest absolute Gasteiger partial charge is 0.186 e. The molecule has 2 fully saturated rings. The Balaban J connectivity index is 0.000000260. The monoisotopic (exact) mass is 388 g/mol. The van der Waals surface area contributed by atoms with E-state index in [0.717, 1.165) is 0 Å². The van der Waals surface area contributed by atoms with Gasteiger partial charge in [0.05, 0.1) is 13.2 Å². The lowest BCUT2D eigenvalue weighted by Crippen LogP contribution is -2.58. The highest BCUT2D eigenvalue weighted by molar-refractivity contribution is 4.89. The van der Waals surface area contributed by atoms with Crippen molar-refractivity contribution in [1.29, 1.82) is 0 Å². The lowest BCUT2D eigenvalue weighted by Gasteiger charge is -2.38. The molecule has 0 aromatic carbocycles. The molecule has 0 aromatic heterocycles. The molecule has 4 unspecified atom stereocenters. The minimum absolute atomic E-state index is 0.440. The normalized spacial score (nSPS) is 46.4. The number of hydrogen-bond donors (Lipinski definition) is 8. The van der Waals surface area contributed by atoms with Gasteiger partial charge in [-0.05, 0) is 0 Å². The van der Waals surface area contributed by atoms with Crippen LogP contribution in [0, 0.1) is 0 Å². The highest BCUT2D eigenvalue weighted by Gasteiger charge is 2.44. The Morgan fingerprint density at radius 1 is 0.577 bits per heavy atom. The standard InChI is InChI=1S/2C7H14O6/c2*1-12-7-6(11)5(10)4(9)3(2-8)13-7/h2*3-11H,2H2,1H3/t3?,4-,5+,6?,7+;3?,4-,5-,6?,7-/m10/s1. The van der Waals surface area contributed by atoms with E-state index in [1.54, 1.807) is 0 Å². The summed E-state index contributed by atoms with van der Waals surface area (Å²) in [6.45, 7) is -0.879. The molecule has 12 nitrogen and oxygen atoms in total. The summed E-state index contributed by atoms with van der Waals surface area (Å²) in [5.74, 6) is 0. The van der Waals surface area contributed by atoms with Crippen molar-refractivity contribution in [3.05, 3.63) is 0 Å². The van der Waals surface area contributed by atoms with Crippen molar-refractivity contribution in [3.63, 3.8) is 0 Å². The Kier molecular flexibility index (Phi) is 9.74. The highest BCUT2D eigenvalue weighted by atomic mass is 16.7. The zero-order valence-electron chi connectivity index (χ0n) is 14.4. The third-order valence-electron chi connectivity index (χ3n) is 4.16. The number of hydrogen-bond acceptors (Lipinski definition) is 12. The Labute approximate surface area is 149 Å². The number of methoxy groups -OCH3 is 2.